The Morgan fingerprint density at radius 3 is 1.28 bits per heavy atom. The number of nitrogens with two attached hydrogens (primary N) is 2. The van der Waals surface area contributed by atoms with E-state index in [1.165, 1.54) is 12.4 Å². The van der Waals surface area contributed by atoms with E-state index in [0.29, 0.717) is 22.5 Å². The second-order valence-corrected chi connectivity index (χ2v) is 6.60. The van der Waals surface area contributed by atoms with Crippen LogP contribution in [0.2, 0.25) is 0 Å². The molecule has 0 saturated carbocycles. The van der Waals surface area contributed by atoms with E-state index in [4.69, 9.17) is 52.3 Å². The first kappa shape index (κ1) is 47.3. The van der Waals surface area contributed by atoms with Crippen LogP contribution >= 0.6 is 0 Å². The van der Waals surface area contributed by atoms with Gasteiger partial charge in [-0.1, -0.05) is 0 Å². The van der Waals surface area contributed by atoms with Crippen LogP contribution in [0.15, 0.2) is 22.6 Å². The van der Waals surface area contributed by atoms with E-state index in [1.807, 2.05) is 10.9 Å². The second kappa shape index (κ2) is 25.5. The Bertz CT molecular complexity index is 1130. The zero-order valence-corrected chi connectivity index (χ0v) is 23.0. The number of rotatable bonds is 6. The molecule has 0 unspecified atom stereocenters. The molecule has 0 aromatic carbocycles. The summed E-state index contributed by atoms with van der Waals surface area (Å²) in [4.78, 5) is 42.6. The second-order valence-electron chi connectivity index (χ2n) is 6.60. The number of aryl methyl sites for hydroxylation is 2. The van der Waals surface area contributed by atoms with Gasteiger partial charge < -0.3 is 73.5 Å². The van der Waals surface area contributed by atoms with Crippen molar-refractivity contribution < 1.29 is 77.9 Å². The maximum absolute atomic E-state index is 11.6. The molecule has 2 aromatic rings. The molecule has 0 fully saturated rings. The van der Waals surface area contributed by atoms with Crippen molar-refractivity contribution in [3.63, 3.8) is 0 Å². The Labute approximate surface area is 250 Å². The van der Waals surface area contributed by atoms with Gasteiger partial charge in [0.15, 0.2) is 23.8 Å². The van der Waals surface area contributed by atoms with Crippen LogP contribution in [-0.4, -0.2) is 55.8 Å². The Balaban J connectivity index is -0.000000170. The SMILES string of the molecule is Cc1[nH+]cc(CO)c(/C=N/NC(N)=O)c1[O-].Cc1[nH+]cc(CO)c(/C=N/NC(N)=O)c1[O-].O.O.O=[N+]([O-])[O-].O=[N+]([O-])[O-].[Co+2]. The van der Waals surface area contributed by atoms with Crippen molar-refractivity contribution in [2.75, 3.05) is 0 Å². The van der Waals surface area contributed by atoms with Crippen LogP contribution in [0.25, 0.3) is 0 Å². The minimum Gasteiger partial charge on any atom is -0.868 e. The van der Waals surface area contributed by atoms with Gasteiger partial charge in [0.1, 0.15) is 0 Å². The van der Waals surface area contributed by atoms with Gasteiger partial charge in [0.25, 0.3) is 0 Å². The number of carbonyl (C=O) groups excluding carboxylic acids is 2. The van der Waals surface area contributed by atoms with Crippen molar-refractivity contribution >= 4 is 24.5 Å². The molecule has 243 valence electrons. The van der Waals surface area contributed by atoms with Gasteiger partial charge in [0.05, 0.1) is 35.8 Å². The van der Waals surface area contributed by atoms with Gasteiger partial charge in [0, 0.05) is 36.1 Å². The average Bonchev–Trinajstić information content (AvgIpc) is 2.84. The summed E-state index contributed by atoms with van der Waals surface area (Å²) in [6.07, 6.45) is 5.31. The molecule has 43 heavy (non-hydrogen) atoms. The van der Waals surface area contributed by atoms with Crippen molar-refractivity contribution in [2.24, 2.45) is 21.7 Å². The zero-order chi connectivity index (χ0) is 31.4. The Hall–Kier alpha value is -5.47. The summed E-state index contributed by atoms with van der Waals surface area (Å²) in [6.45, 7) is 2.60. The Kier molecular flexibility index (Phi) is 28.1. The molecular weight excluding hydrogens is 639 g/mol. The number of pyridine rings is 2. The topological polar surface area (TPSA) is 445 Å². The fraction of sp³-hybridized carbons (Fsp3) is 0.222. The van der Waals surface area contributed by atoms with Gasteiger partial charge >= 0.3 is 28.8 Å². The van der Waals surface area contributed by atoms with Gasteiger partial charge in [-0.15, -0.1) is 0 Å². The number of H-pyrrole nitrogens is 2. The third kappa shape index (κ3) is 22.0. The summed E-state index contributed by atoms with van der Waals surface area (Å²) in [6, 6.07) is -1.65. The number of aromatic nitrogens is 2. The molecule has 14 N–H and O–H groups in total. The quantitative estimate of drug-likeness (QED) is 0.0955. The minimum absolute atomic E-state index is 0. The number of nitrogens with zero attached hydrogens (tertiary/aromatic N) is 4. The number of hydrazone groups is 2. The number of urea groups is 2. The fourth-order valence-electron chi connectivity index (χ4n) is 2.24. The number of aliphatic hydroxyl groups excluding tert-OH is 2. The van der Waals surface area contributed by atoms with Crippen LogP contribution in [0.4, 0.5) is 9.59 Å². The van der Waals surface area contributed by atoms with E-state index in [9.17, 15) is 19.8 Å². The molecule has 0 aliphatic rings. The molecule has 0 aliphatic heterocycles. The molecule has 4 amide bonds. The average molecular weight is 667 g/mol. The molecule has 0 aliphatic carbocycles. The molecule has 24 nitrogen and oxygen atoms in total. The standard InChI is InChI=1S/2C9H12N4O3.Co.2NO3.2H2O/c2*1-5-8(15)7(3-12-13-9(10)16)6(4-14)2-11-5;;2*2-1(3)4;;/h2*2-3,14-15H,4H2,1H3,(H3,10,13,16);;;;2*1H2/q;;+2;2*-1;;/b2*12-3+;;;;;. The van der Waals surface area contributed by atoms with Crippen LogP contribution < -0.4 is 42.5 Å². The molecule has 0 saturated heterocycles. The number of carbonyl (C=O) groups is 2. The van der Waals surface area contributed by atoms with Crippen LogP contribution in [0.1, 0.15) is 33.6 Å². The molecule has 2 rings (SSSR count). The van der Waals surface area contributed by atoms with E-state index in [-0.39, 0.29) is 63.6 Å². The van der Waals surface area contributed by atoms with Crippen LogP contribution in [-0.2, 0) is 30.0 Å². The molecule has 2 aromatic heterocycles. The summed E-state index contributed by atoms with van der Waals surface area (Å²) in [5, 5.41) is 77.8. The molecule has 0 spiro atoms. The van der Waals surface area contributed by atoms with Crippen LogP contribution in [0.3, 0.4) is 0 Å². The molecule has 25 heteroatoms. The first-order chi connectivity index (χ1) is 18.6. The predicted molar refractivity (Wildman–Crippen MR) is 135 cm³/mol. The zero-order valence-electron chi connectivity index (χ0n) is 22.0. The van der Waals surface area contributed by atoms with E-state index >= 15 is 0 Å². The summed E-state index contributed by atoms with van der Waals surface area (Å²) in [5.74, 6) is -0.580. The van der Waals surface area contributed by atoms with E-state index in [1.54, 1.807) is 13.8 Å². The normalized spacial score (nSPS) is 9.02. The van der Waals surface area contributed by atoms with Crippen molar-refractivity contribution in [1.82, 2.24) is 10.9 Å². The molecule has 2 heterocycles. The minimum atomic E-state index is -1.75. The summed E-state index contributed by atoms with van der Waals surface area (Å²) in [7, 11) is 0. The van der Waals surface area contributed by atoms with E-state index in [2.05, 4.69) is 20.2 Å². The van der Waals surface area contributed by atoms with Crippen molar-refractivity contribution in [3.05, 3.63) is 76.7 Å². The Morgan fingerprint density at radius 2 is 1.07 bits per heavy atom. The number of nitrogens with one attached hydrogen (secondary N) is 4. The van der Waals surface area contributed by atoms with Crippen molar-refractivity contribution in [2.45, 2.75) is 27.1 Å². The maximum Gasteiger partial charge on any atom is 2.00 e. The van der Waals surface area contributed by atoms with E-state index < -0.39 is 22.2 Å². The smallest absolute Gasteiger partial charge is 0.868 e. The number of aromatic amines is 2. The van der Waals surface area contributed by atoms with E-state index in [0.717, 1.165) is 12.4 Å². The fourth-order valence-corrected chi connectivity index (χ4v) is 2.24. The third-order valence-corrected chi connectivity index (χ3v) is 3.87. The summed E-state index contributed by atoms with van der Waals surface area (Å²) >= 11 is 0. The monoisotopic (exact) mass is 667 g/mol. The van der Waals surface area contributed by atoms with Gasteiger partial charge in [-0.05, 0) is 11.5 Å². The molecule has 1 radical (unpaired) electrons. The predicted octanol–water partition coefficient (Wildman–Crippen LogP) is -5.38. The number of primary amides is 2. The molecule has 0 atom stereocenters. The van der Waals surface area contributed by atoms with Crippen molar-refractivity contribution in [1.29, 1.82) is 0 Å². The van der Waals surface area contributed by atoms with Gasteiger partial charge in [-0.2, -0.15) is 10.2 Å². The number of hydrogen-bond donors (Lipinski definition) is 6. The van der Waals surface area contributed by atoms with Crippen LogP contribution in [0.5, 0.6) is 11.5 Å². The third-order valence-electron chi connectivity index (χ3n) is 3.87. The summed E-state index contributed by atoms with van der Waals surface area (Å²) < 4.78 is 0. The molecular formula is C18H28CoN10O14. The molecule has 0 bridgehead atoms. The summed E-state index contributed by atoms with van der Waals surface area (Å²) in [5.41, 5.74) is 15.6. The maximum atomic E-state index is 11.6. The number of amides is 4. The van der Waals surface area contributed by atoms with Crippen molar-refractivity contribution in [3.8, 4) is 11.5 Å². The van der Waals surface area contributed by atoms with Crippen LogP contribution in [0, 0.1) is 44.5 Å². The van der Waals surface area contributed by atoms with Gasteiger partial charge in [0.2, 0.25) is 0 Å². The Morgan fingerprint density at radius 1 is 0.814 bits per heavy atom. The largest absolute Gasteiger partial charge is 2.00 e. The van der Waals surface area contributed by atoms with Gasteiger partial charge in [-0.25, -0.2) is 30.4 Å². The first-order valence-electron chi connectivity index (χ1n) is 10.0. The number of aliphatic hydroxyl groups is 2. The first-order valence-corrected chi connectivity index (χ1v) is 10.0. The number of hydrogen-bond acceptors (Lipinski definition) is 14. The van der Waals surface area contributed by atoms with Gasteiger partial charge in [-0.3, -0.25) is 0 Å².